The number of nitroso groups, excluding NO2 is 1. The number of nitrogens with zero attached hydrogens (tertiary/aromatic N) is 3. The molecule has 0 radical (unpaired) electrons. The zero-order chi connectivity index (χ0) is 12.3. The summed E-state index contributed by atoms with van der Waals surface area (Å²) in [6, 6.07) is 6.78. The first kappa shape index (κ1) is 11.2. The van der Waals surface area contributed by atoms with Crippen molar-refractivity contribution in [3.05, 3.63) is 28.7 Å². The number of hydrogen-bond donors (Lipinski definition) is 0. The van der Waals surface area contributed by atoms with Crippen LogP contribution in [-0.2, 0) is 6.54 Å². The summed E-state index contributed by atoms with van der Waals surface area (Å²) < 4.78 is 10.4. The summed E-state index contributed by atoms with van der Waals surface area (Å²) in [5, 5.41) is 12.7. The second-order valence-electron chi connectivity index (χ2n) is 3.67. The standard InChI is InChI=1S/C11H11N3O3/c1-8(5-12)14(13-15)6-9-2-3-10-11(4-9)17-7-16-10/h2-4,8H,6-7H2,1H3/t8-/m1/s1. The van der Waals surface area contributed by atoms with E-state index in [9.17, 15) is 4.91 Å². The van der Waals surface area contributed by atoms with Crippen molar-refractivity contribution in [2.24, 2.45) is 5.29 Å². The quantitative estimate of drug-likeness (QED) is 0.585. The van der Waals surface area contributed by atoms with Gasteiger partial charge in [0.05, 0.1) is 17.9 Å². The molecule has 6 nitrogen and oxygen atoms in total. The Bertz CT molecular complexity index is 470. The van der Waals surface area contributed by atoms with Gasteiger partial charge in [0.2, 0.25) is 6.79 Å². The van der Waals surface area contributed by atoms with Gasteiger partial charge in [0.25, 0.3) is 0 Å². The van der Waals surface area contributed by atoms with Crippen molar-refractivity contribution >= 4 is 0 Å². The number of ether oxygens (including phenoxy) is 2. The molecule has 1 aromatic rings. The van der Waals surface area contributed by atoms with E-state index in [1.165, 1.54) is 5.01 Å². The molecule has 17 heavy (non-hydrogen) atoms. The number of benzene rings is 1. The number of rotatable bonds is 4. The molecule has 0 spiro atoms. The summed E-state index contributed by atoms with van der Waals surface area (Å²) >= 11 is 0. The summed E-state index contributed by atoms with van der Waals surface area (Å²) in [6.07, 6.45) is 0. The molecule has 1 heterocycles. The summed E-state index contributed by atoms with van der Waals surface area (Å²) in [7, 11) is 0. The lowest BCUT2D eigenvalue weighted by molar-refractivity contribution is 0.174. The average molecular weight is 233 g/mol. The Morgan fingerprint density at radius 3 is 3.00 bits per heavy atom. The van der Waals surface area contributed by atoms with Crippen LogP contribution in [0.25, 0.3) is 0 Å². The van der Waals surface area contributed by atoms with Crippen molar-refractivity contribution < 1.29 is 9.47 Å². The predicted molar refractivity (Wildman–Crippen MR) is 59.0 cm³/mol. The Morgan fingerprint density at radius 1 is 1.53 bits per heavy atom. The first-order valence-electron chi connectivity index (χ1n) is 5.12. The molecular weight excluding hydrogens is 222 g/mol. The summed E-state index contributed by atoms with van der Waals surface area (Å²) in [4.78, 5) is 10.6. The highest BCUT2D eigenvalue weighted by molar-refractivity contribution is 5.44. The zero-order valence-electron chi connectivity index (χ0n) is 9.29. The molecule has 0 aromatic heterocycles. The second-order valence-corrected chi connectivity index (χ2v) is 3.67. The van der Waals surface area contributed by atoms with Crippen molar-refractivity contribution in [1.82, 2.24) is 5.01 Å². The highest BCUT2D eigenvalue weighted by Gasteiger charge is 2.16. The van der Waals surface area contributed by atoms with Crippen LogP contribution in [0.3, 0.4) is 0 Å². The second kappa shape index (κ2) is 4.70. The molecule has 1 aliphatic heterocycles. The van der Waals surface area contributed by atoms with Gasteiger partial charge in [-0.25, -0.2) is 5.01 Å². The van der Waals surface area contributed by atoms with Crippen molar-refractivity contribution in [2.45, 2.75) is 19.5 Å². The third-order valence-corrected chi connectivity index (χ3v) is 2.52. The van der Waals surface area contributed by atoms with E-state index in [4.69, 9.17) is 14.7 Å². The van der Waals surface area contributed by atoms with Crippen LogP contribution in [0.15, 0.2) is 23.5 Å². The van der Waals surface area contributed by atoms with E-state index >= 15 is 0 Å². The van der Waals surface area contributed by atoms with Crippen LogP contribution < -0.4 is 9.47 Å². The SMILES string of the molecule is C[C@H](C#N)N(Cc1ccc2c(c1)OCO2)N=O. The number of fused-ring (bicyclic) bond motifs is 1. The lowest BCUT2D eigenvalue weighted by atomic mass is 10.2. The minimum atomic E-state index is -0.557. The van der Waals surface area contributed by atoms with Crippen LogP contribution in [0.2, 0.25) is 0 Å². The van der Waals surface area contributed by atoms with Crippen molar-refractivity contribution in [2.75, 3.05) is 6.79 Å². The van der Waals surface area contributed by atoms with E-state index in [1.807, 2.05) is 12.1 Å². The van der Waals surface area contributed by atoms with Crippen LogP contribution in [0.5, 0.6) is 11.5 Å². The minimum absolute atomic E-state index is 0.211. The van der Waals surface area contributed by atoms with Gasteiger partial charge in [-0.15, -0.1) is 4.91 Å². The van der Waals surface area contributed by atoms with E-state index in [0.717, 1.165) is 5.56 Å². The number of nitriles is 1. The van der Waals surface area contributed by atoms with E-state index in [1.54, 1.807) is 19.1 Å². The van der Waals surface area contributed by atoms with Crippen LogP contribution in [0.1, 0.15) is 12.5 Å². The highest BCUT2D eigenvalue weighted by atomic mass is 16.7. The molecule has 0 fully saturated rings. The van der Waals surface area contributed by atoms with Gasteiger partial charge in [-0.05, 0) is 24.6 Å². The fourth-order valence-corrected chi connectivity index (χ4v) is 1.53. The van der Waals surface area contributed by atoms with E-state index in [2.05, 4.69) is 5.29 Å². The molecular formula is C11H11N3O3. The molecule has 1 aliphatic rings. The van der Waals surface area contributed by atoms with Gasteiger partial charge in [-0.1, -0.05) is 6.07 Å². The van der Waals surface area contributed by atoms with Gasteiger partial charge in [-0.2, -0.15) is 5.26 Å². The molecule has 1 atom stereocenters. The fourth-order valence-electron chi connectivity index (χ4n) is 1.53. The van der Waals surface area contributed by atoms with Crippen molar-refractivity contribution in [3.8, 4) is 17.6 Å². The number of hydrogen-bond acceptors (Lipinski definition) is 5. The molecule has 0 unspecified atom stereocenters. The topological polar surface area (TPSA) is 74.9 Å². The Kier molecular flexibility index (Phi) is 3.10. The minimum Gasteiger partial charge on any atom is -0.454 e. The third-order valence-electron chi connectivity index (χ3n) is 2.52. The molecule has 6 heteroatoms. The maximum absolute atomic E-state index is 10.6. The van der Waals surface area contributed by atoms with Gasteiger partial charge in [0.15, 0.2) is 11.5 Å². The van der Waals surface area contributed by atoms with Crippen LogP contribution in [0, 0.1) is 16.2 Å². The highest BCUT2D eigenvalue weighted by Crippen LogP contribution is 2.32. The Labute approximate surface area is 98.3 Å². The average Bonchev–Trinajstić information content (AvgIpc) is 2.82. The van der Waals surface area contributed by atoms with E-state index < -0.39 is 6.04 Å². The molecule has 0 saturated heterocycles. The first-order chi connectivity index (χ1) is 8.24. The van der Waals surface area contributed by atoms with Crippen molar-refractivity contribution in [1.29, 1.82) is 5.26 Å². The van der Waals surface area contributed by atoms with E-state index in [-0.39, 0.29) is 13.3 Å². The smallest absolute Gasteiger partial charge is 0.231 e. The zero-order valence-corrected chi connectivity index (χ0v) is 9.29. The molecule has 0 N–H and O–H groups in total. The summed E-state index contributed by atoms with van der Waals surface area (Å²) in [5.74, 6) is 1.34. The molecule has 2 rings (SSSR count). The largest absolute Gasteiger partial charge is 0.454 e. The Morgan fingerprint density at radius 2 is 2.29 bits per heavy atom. The normalized spacial score (nSPS) is 13.9. The fraction of sp³-hybridized carbons (Fsp3) is 0.364. The van der Waals surface area contributed by atoms with Gasteiger partial charge in [0, 0.05) is 0 Å². The van der Waals surface area contributed by atoms with E-state index in [0.29, 0.717) is 11.5 Å². The maximum Gasteiger partial charge on any atom is 0.231 e. The van der Waals surface area contributed by atoms with Gasteiger partial charge >= 0.3 is 0 Å². The molecule has 1 aromatic carbocycles. The predicted octanol–water partition coefficient (Wildman–Crippen LogP) is 1.81. The maximum atomic E-state index is 10.6. The molecule has 88 valence electrons. The first-order valence-corrected chi connectivity index (χ1v) is 5.12. The molecule has 0 amide bonds. The summed E-state index contributed by atoms with van der Waals surface area (Å²) in [5.41, 5.74) is 0.843. The Balaban J connectivity index is 2.13. The van der Waals surface area contributed by atoms with Crippen LogP contribution >= 0.6 is 0 Å². The molecule has 0 saturated carbocycles. The lowest BCUT2D eigenvalue weighted by Gasteiger charge is -2.17. The third kappa shape index (κ3) is 2.28. The Hall–Kier alpha value is -2.29. The summed E-state index contributed by atoms with van der Waals surface area (Å²) in [6.45, 7) is 2.10. The molecule has 0 aliphatic carbocycles. The van der Waals surface area contributed by atoms with Gasteiger partial charge in [-0.3, -0.25) is 0 Å². The van der Waals surface area contributed by atoms with Crippen LogP contribution in [0.4, 0.5) is 0 Å². The van der Waals surface area contributed by atoms with Crippen molar-refractivity contribution in [3.63, 3.8) is 0 Å². The van der Waals surface area contributed by atoms with Gasteiger partial charge < -0.3 is 9.47 Å². The lowest BCUT2D eigenvalue weighted by Crippen LogP contribution is -2.25. The van der Waals surface area contributed by atoms with Gasteiger partial charge in [0.1, 0.15) is 6.04 Å². The monoisotopic (exact) mass is 233 g/mol. The molecule has 0 bridgehead atoms. The van der Waals surface area contributed by atoms with Crippen LogP contribution in [-0.4, -0.2) is 17.8 Å².